The Morgan fingerprint density at radius 1 is 1.31 bits per heavy atom. The number of likely N-dealkylation sites (tertiary alicyclic amines) is 1. The van der Waals surface area contributed by atoms with Crippen LogP contribution in [0.3, 0.4) is 0 Å². The maximum atomic E-state index is 11.4. The molecule has 0 unspecified atom stereocenters. The van der Waals surface area contributed by atoms with E-state index in [4.69, 9.17) is 4.74 Å². The van der Waals surface area contributed by atoms with Crippen molar-refractivity contribution >= 4 is 6.09 Å². The number of amides is 1. The van der Waals surface area contributed by atoms with E-state index in [2.05, 4.69) is 0 Å². The molecule has 1 fully saturated rings. The summed E-state index contributed by atoms with van der Waals surface area (Å²) in [5, 5.41) is 9.25. The van der Waals surface area contributed by atoms with E-state index >= 15 is 0 Å². The minimum absolute atomic E-state index is 0.410. The van der Waals surface area contributed by atoms with E-state index < -0.39 is 11.9 Å². The highest BCUT2D eigenvalue weighted by Gasteiger charge is 2.24. The van der Waals surface area contributed by atoms with Gasteiger partial charge >= 0.3 is 6.09 Å². The van der Waals surface area contributed by atoms with Gasteiger partial charge in [-0.1, -0.05) is 0 Å². The number of piperidine rings is 1. The molecule has 0 bridgehead atoms. The molecule has 1 aliphatic heterocycles. The number of hydrogen-bond acceptors (Lipinski definition) is 3. The van der Waals surface area contributed by atoms with Gasteiger partial charge in [-0.05, 0) is 19.3 Å². The first-order chi connectivity index (χ1) is 5.99. The van der Waals surface area contributed by atoms with Crippen molar-refractivity contribution in [2.24, 2.45) is 0 Å². The van der Waals surface area contributed by atoms with Crippen LogP contribution in [-0.2, 0) is 4.74 Å². The number of aliphatic hydroxyl groups is 1. The largest absolute Gasteiger partial charge is 0.418 e. The van der Waals surface area contributed by atoms with Crippen LogP contribution >= 0.6 is 0 Å². The standard InChI is InChI=1S/C9H17NO3/c1-9(2,12)13-8(11)10-6-4-3-5-7-10/h12H,3-7H2,1-2H3. The van der Waals surface area contributed by atoms with Crippen LogP contribution in [0.5, 0.6) is 0 Å². The van der Waals surface area contributed by atoms with Gasteiger partial charge in [0.2, 0.25) is 5.79 Å². The Bertz CT molecular complexity index is 180. The number of carbonyl (C=O) groups is 1. The molecule has 0 spiro atoms. The molecular formula is C9H17NO3. The summed E-state index contributed by atoms with van der Waals surface area (Å²) in [5.74, 6) is -1.37. The van der Waals surface area contributed by atoms with E-state index in [1.54, 1.807) is 4.90 Å². The van der Waals surface area contributed by atoms with Crippen molar-refractivity contribution in [3.63, 3.8) is 0 Å². The average molecular weight is 187 g/mol. The van der Waals surface area contributed by atoms with Crippen molar-refractivity contribution in [2.45, 2.75) is 38.9 Å². The molecule has 0 aliphatic carbocycles. The Labute approximate surface area is 78.5 Å². The smallest absolute Gasteiger partial charge is 0.412 e. The average Bonchev–Trinajstić information content (AvgIpc) is 2.03. The van der Waals surface area contributed by atoms with Gasteiger partial charge in [-0.15, -0.1) is 0 Å². The molecule has 1 heterocycles. The molecule has 1 N–H and O–H groups in total. The minimum Gasteiger partial charge on any atom is -0.418 e. The van der Waals surface area contributed by atoms with E-state index in [0.717, 1.165) is 25.9 Å². The molecule has 1 saturated heterocycles. The van der Waals surface area contributed by atoms with Gasteiger partial charge < -0.3 is 14.7 Å². The maximum absolute atomic E-state index is 11.4. The Morgan fingerprint density at radius 2 is 1.85 bits per heavy atom. The Kier molecular flexibility index (Phi) is 3.14. The third-order valence-electron chi connectivity index (χ3n) is 1.95. The molecule has 4 heteroatoms. The second-order valence-corrected chi connectivity index (χ2v) is 3.86. The van der Waals surface area contributed by atoms with Crippen molar-refractivity contribution in [1.82, 2.24) is 4.90 Å². The minimum atomic E-state index is -1.37. The summed E-state index contributed by atoms with van der Waals surface area (Å²) < 4.78 is 4.82. The van der Waals surface area contributed by atoms with Crippen molar-refractivity contribution in [1.29, 1.82) is 0 Å². The van der Waals surface area contributed by atoms with Crippen molar-refractivity contribution in [2.75, 3.05) is 13.1 Å². The fourth-order valence-electron chi connectivity index (χ4n) is 1.35. The lowest BCUT2D eigenvalue weighted by atomic mass is 10.1. The zero-order chi connectivity index (χ0) is 9.90. The van der Waals surface area contributed by atoms with Crippen LogP contribution in [0.4, 0.5) is 4.79 Å². The van der Waals surface area contributed by atoms with Gasteiger partial charge in [0.05, 0.1) is 0 Å². The van der Waals surface area contributed by atoms with E-state index in [1.165, 1.54) is 20.3 Å². The van der Waals surface area contributed by atoms with Gasteiger partial charge in [-0.25, -0.2) is 4.79 Å². The molecule has 0 aromatic rings. The molecule has 0 aromatic heterocycles. The van der Waals surface area contributed by atoms with Crippen LogP contribution in [0.1, 0.15) is 33.1 Å². The highest BCUT2D eigenvalue weighted by molar-refractivity contribution is 5.68. The summed E-state index contributed by atoms with van der Waals surface area (Å²) in [6, 6.07) is 0. The molecule has 0 saturated carbocycles. The molecule has 1 aliphatic rings. The molecule has 76 valence electrons. The number of ether oxygens (including phenoxy) is 1. The Hall–Kier alpha value is -0.770. The van der Waals surface area contributed by atoms with Crippen molar-refractivity contribution in [3.8, 4) is 0 Å². The predicted octanol–water partition coefficient (Wildman–Crippen LogP) is 1.34. The van der Waals surface area contributed by atoms with E-state index in [9.17, 15) is 9.90 Å². The van der Waals surface area contributed by atoms with Crippen LogP contribution in [0.25, 0.3) is 0 Å². The monoisotopic (exact) mass is 187 g/mol. The number of rotatable bonds is 1. The first kappa shape index (κ1) is 10.3. The lowest BCUT2D eigenvalue weighted by molar-refractivity contribution is -0.140. The van der Waals surface area contributed by atoms with Crippen LogP contribution in [0.2, 0.25) is 0 Å². The van der Waals surface area contributed by atoms with E-state index in [0.29, 0.717) is 0 Å². The molecule has 1 amide bonds. The summed E-state index contributed by atoms with van der Waals surface area (Å²) in [5.41, 5.74) is 0. The predicted molar refractivity (Wildman–Crippen MR) is 48.2 cm³/mol. The molecular weight excluding hydrogens is 170 g/mol. The summed E-state index contributed by atoms with van der Waals surface area (Å²) >= 11 is 0. The van der Waals surface area contributed by atoms with Crippen molar-refractivity contribution in [3.05, 3.63) is 0 Å². The molecule has 0 atom stereocenters. The Morgan fingerprint density at radius 3 is 2.31 bits per heavy atom. The van der Waals surface area contributed by atoms with Gasteiger partial charge in [0.25, 0.3) is 0 Å². The second-order valence-electron chi connectivity index (χ2n) is 3.86. The number of hydrogen-bond donors (Lipinski definition) is 1. The highest BCUT2D eigenvalue weighted by atomic mass is 16.7. The fraction of sp³-hybridized carbons (Fsp3) is 0.889. The fourth-order valence-corrected chi connectivity index (χ4v) is 1.35. The van der Waals surface area contributed by atoms with Gasteiger partial charge in [-0.2, -0.15) is 0 Å². The maximum Gasteiger partial charge on any atom is 0.412 e. The zero-order valence-electron chi connectivity index (χ0n) is 8.25. The Balaban J connectivity index is 2.38. The molecule has 0 aromatic carbocycles. The van der Waals surface area contributed by atoms with Gasteiger partial charge in [0, 0.05) is 26.9 Å². The second kappa shape index (κ2) is 3.96. The summed E-state index contributed by atoms with van der Waals surface area (Å²) in [6.45, 7) is 4.40. The lowest BCUT2D eigenvalue weighted by Gasteiger charge is -2.29. The van der Waals surface area contributed by atoms with Gasteiger partial charge in [0.15, 0.2) is 0 Å². The summed E-state index contributed by atoms with van der Waals surface area (Å²) in [7, 11) is 0. The highest BCUT2D eigenvalue weighted by Crippen LogP contribution is 2.13. The topological polar surface area (TPSA) is 49.8 Å². The quantitative estimate of drug-likeness (QED) is 0.630. The van der Waals surface area contributed by atoms with E-state index in [1.807, 2.05) is 0 Å². The molecule has 4 nitrogen and oxygen atoms in total. The first-order valence-electron chi connectivity index (χ1n) is 4.69. The summed E-state index contributed by atoms with van der Waals surface area (Å²) in [6.07, 6.45) is 2.82. The molecule has 13 heavy (non-hydrogen) atoms. The SMILES string of the molecule is CC(C)(O)OC(=O)N1CCCCC1. The van der Waals surface area contributed by atoms with Crippen LogP contribution in [-0.4, -0.2) is 35.0 Å². The van der Waals surface area contributed by atoms with E-state index in [-0.39, 0.29) is 0 Å². The third kappa shape index (κ3) is 3.63. The van der Waals surface area contributed by atoms with Gasteiger partial charge in [-0.3, -0.25) is 0 Å². The first-order valence-corrected chi connectivity index (χ1v) is 4.69. The third-order valence-corrected chi connectivity index (χ3v) is 1.95. The summed E-state index contributed by atoms with van der Waals surface area (Å²) in [4.78, 5) is 13.0. The molecule has 1 rings (SSSR count). The number of nitrogens with zero attached hydrogens (tertiary/aromatic N) is 1. The van der Waals surface area contributed by atoms with Crippen LogP contribution < -0.4 is 0 Å². The van der Waals surface area contributed by atoms with Crippen molar-refractivity contribution < 1.29 is 14.6 Å². The van der Waals surface area contributed by atoms with Crippen LogP contribution in [0.15, 0.2) is 0 Å². The number of carbonyl (C=O) groups excluding carboxylic acids is 1. The lowest BCUT2D eigenvalue weighted by Crippen LogP contribution is -2.40. The molecule has 0 radical (unpaired) electrons. The zero-order valence-corrected chi connectivity index (χ0v) is 8.25. The van der Waals surface area contributed by atoms with Crippen LogP contribution in [0, 0.1) is 0 Å². The normalized spacial score (nSPS) is 18.5. The van der Waals surface area contributed by atoms with Gasteiger partial charge in [0.1, 0.15) is 0 Å².